The van der Waals surface area contributed by atoms with E-state index >= 15 is 0 Å². The minimum Gasteiger partial charge on any atom is -0.497 e. The first-order valence-corrected chi connectivity index (χ1v) is 14.1. The zero-order valence-electron chi connectivity index (χ0n) is 21.9. The van der Waals surface area contributed by atoms with Crippen LogP contribution in [-0.4, -0.2) is 51.4 Å². The van der Waals surface area contributed by atoms with Gasteiger partial charge in [0.1, 0.15) is 24.2 Å². The maximum Gasteiger partial charge on any atom is 0.264 e. The second kappa shape index (κ2) is 13.4. The number of methoxy groups -OCH3 is 1. The molecule has 0 bridgehead atoms. The summed E-state index contributed by atoms with van der Waals surface area (Å²) < 4.78 is 47.5. The number of amides is 2. The predicted molar refractivity (Wildman–Crippen MR) is 149 cm³/mol. The van der Waals surface area contributed by atoms with Gasteiger partial charge in [-0.3, -0.25) is 13.9 Å². The summed E-state index contributed by atoms with van der Waals surface area (Å²) in [6.45, 7) is 3.26. The Morgan fingerprint density at radius 1 is 1.05 bits per heavy atom. The summed E-state index contributed by atoms with van der Waals surface area (Å²) in [5.41, 5.74) is 0.683. The summed E-state index contributed by atoms with van der Waals surface area (Å²) in [5, 5.41) is 2.48. The van der Waals surface area contributed by atoms with Gasteiger partial charge in [-0.2, -0.15) is 0 Å². The molecule has 0 aromatic heterocycles. The number of nitrogens with zero attached hydrogens (tertiary/aromatic N) is 2. The van der Waals surface area contributed by atoms with Crippen LogP contribution in [0.1, 0.15) is 25.8 Å². The number of anilines is 1. The molecule has 0 spiro atoms. The highest BCUT2D eigenvalue weighted by atomic mass is 35.5. The Hall–Kier alpha value is -3.63. The van der Waals surface area contributed by atoms with Gasteiger partial charge in [-0.05, 0) is 61.4 Å². The van der Waals surface area contributed by atoms with Gasteiger partial charge in [-0.25, -0.2) is 12.8 Å². The lowest BCUT2D eigenvalue weighted by Gasteiger charge is -2.32. The topological polar surface area (TPSA) is 96.0 Å². The summed E-state index contributed by atoms with van der Waals surface area (Å²) in [5.74, 6) is -1.19. The summed E-state index contributed by atoms with van der Waals surface area (Å²) in [7, 11) is -2.75. The SMILES string of the molecule is CCCNC(=O)[C@@H](C)N(Cc1cccc(OC)c1)C(=O)CN(c1ccc(F)c(Cl)c1)S(=O)(=O)c1ccccc1. The molecule has 1 atom stereocenters. The van der Waals surface area contributed by atoms with E-state index < -0.39 is 34.3 Å². The number of hydrogen-bond donors (Lipinski definition) is 1. The molecule has 3 aromatic carbocycles. The summed E-state index contributed by atoms with van der Waals surface area (Å²) in [6.07, 6.45) is 0.705. The molecule has 0 radical (unpaired) electrons. The number of rotatable bonds is 12. The van der Waals surface area contributed by atoms with Crippen LogP contribution in [0.25, 0.3) is 0 Å². The highest BCUT2D eigenvalue weighted by Gasteiger charge is 2.32. The van der Waals surface area contributed by atoms with Crippen molar-refractivity contribution in [1.29, 1.82) is 0 Å². The molecule has 1 N–H and O–H groups in total. The van der Waals surface area contributed by atoms with Crippen molar-refractivity contribution < 1.29 is 27.1 Å². The fourth-order valence-corrected chi connectivity index (χ4v) is 5.44. The third-order valence-corrected chi connectivity index (χ3v) is 8.08. The van der Waals surface area contributed by atoms with Crippen LogP contribution >= 0.6 is 11.6 Å². The second-order valence-electron chi connectivity index (χ2n) is 8.76. The zero-order valence-corrected chi connectivity index (χ0v) is 23.5. The second-order valence-corrected chi connectivity index (χ2v) is 11.0. The first-order chi connectivity index (χ1) is 18.6. The Kier molecular flexibility index (Phi) is 10.3. The molecule has 0 aliphatic carbocycles. The van der Waals surface area contributed by atoms with Crippen molar-refractivity contribution in [3.8, 4) is 5.75 Å². The minimum atomic E-state index is -4.27. The number of ether oxygens (including phenoxy) is 1. The van der Waals surface area contributed by atoms with Gasteiger partial charge in [0, 0.05) is 13.1 Å². The molecule has 0 saturated heterocycles. The molecule has 0 aliphatic heterocycles. The van der Waals surface area contributed by atoms with Crippen LogP contribution < -0.4 is 14.4 Å². The third-order valence-electron chi connectivity index (χ3n) is 6.00. The number of halogens is 2. The highest BCUT2D eigenvalue weighted by molar-refractivity contribution is 7.92. The molecule has 11 heteroatoms. The van der Waals surface area contributed by atoms with Gasteiger partial charge in [-0.1, -0.05) is 48.9 Å². The molecule has 208 valence electrons. The number of sulfonamides is 1. The van der Waals surface area contributed by atoms with Crippen LogP contribution in [0, 0.1) is 5.82 Å². The molecular weight excluding hydrogens is 545 g/mol. The van der Waals surface area contributed by atoms with E-state index in [0.29, 0.717) is 24.3 Å². The van der Waals surface area contributed by atoms with Crippen LogP contribution in [0.5, 0.6) is 5.75 Å². The quantitative estimate of drug-likeness (QED) is 0.340. The fraction of sp³-hybridized carbons (Fsp3) is 0.286. The summed E-state index contributed by atoms with van der Waals surface area (Å²) in [4.78, 5) is 28.0. The van der Waals surface area contributed by atoms with E-state index in [2.05, 4.69) is 5.32 Å². The number of benzene rings is 3. The molecule has 0 fully saturated rings. The average molecular weight is 576 g/mol. The first-order valence-electron chi connectivity index (χ1n) is 12.3. The van der Waals surface area contributed by atoms with Crippen molar-refractivity contribution in [1.82, 2.24) is 10.2 Å². The van der Waals surface area contributed by atoms with E-state index in [0.717, 1.165) is 16.4 Å². The summed E-state index contributed by atoms with van der Waals surface area (Å²) in [6, 6.07) is 17.1. The maximum absolute atomic E-state index is 13.9. The molecule has 0 saturated carbocycles. The lowest BCUT2D eigenvalue weighted by molar-refractivity contribution is -0.139. The van der Waals surface area contributed by atoms with Crippen LogP contribution in [0.2, 0.25) is 5.02 Å². The predicted octanol–water partition coefficient (Wildman–Crippen LogP) is 4.63. The van der Waals surface area contributed by atoms with E-state index in [1.165, 1.54) is 30.2 Å². The number of carbonyl (C=O) groups excluding carboxylic acids is 2. The molecule has 0 heterocycles. The first kappa shape index (κ1) is 29.9. The van der Waals surface area contributed by atoms with Crippen molar-refractivity contribution in [2.45, 2.75) is 37.8 Å². The Balaban J connectivity index is 2.04. The van der Waals surface area contributed by atoms with E-state index in [9.17, 15) is 22.4 Å². The van der Waals surface area contributed by atoms with Crippen molar-refractivity contribution in [2.75, 3.05) is 24.5 Å². The standard InChI is InChI=1S/C28H31ClFN3O5S/c1-4-15-31-28(35)20(2)32(18-21-9-8-10-23(16-21)38-3)27(34)19-33(22-13-14-26(30)25(29)17-22)39(36,37)24-11-6-5-7-12-24/h5-14,16-17,20H,4,15,18-19H2,1-3H3,(H,31,35)/t20-/m1/s1. The molecular formula is C28H31ClFN3O5S. The van der Waals surface area contributed by atoms with Gasteiger partial charge in [0.2, 0.25) is 11.8 Å². The smallest absolute Gasteiger partial charge is 0.264 e. The number of carbonyl (C=O) groups is 2. The average Bonchev–Trinajstić information content (AvgIpc) is 2.94. The number of hydrogen-bond acceptors (Lipinski definition) is 5. The monoisotopic (exact) mass is 575 g/mol. The largest absolute Gasteiger partial charge is 0.497 e. The van der Waals surface area contributed by atoms with Gasteiger partial charge >= 0.3 is 0 Å². The van der Waals surface area contributed by atoms with E-state index in [1.54, 1.807) is 49.4 Å². The highest BCUT2D eigenvalue weighted by Crippen LogP contribution is 2.28. The molecule has 39 heavy (non-hydrogen) atoms. The lowest BCUT2D eigenvalue weighted by Crippen LogP contribution is -2.51. The molecule has 0 aliphatic rings. The van der Waals surface area contributed by atoms with Crippen LogP contribution in [0.4, 0.5) is 10.1 Å². The maximum atomic E-state index is 13.9. The molecule has 0 unspecified atom stereocenters. The van der Waals surface area contributed by atoms with Gasteiger partial charge in [0.15, 0.2) is 0 Å². The van der Waals surface area contributed by atoms with Crippen molar-refractivity contribution >= 4 is 39.1 Å². The van der Waals surface area contributed by atoms with Crippen molar-refractivity contribution in [3.63, 3.8) is 0 Å². The minimum absolute atomic E-state index is 0.00280. The Labute approximate surface area is 233 Å². The summed E-state index contributed by atoms with van der Waals surface area (Å²) >= 11 is 5.97. The molecule has 3 aromatic rings. The van der Waals surface area contributed by atoms with E-state index in [1.807, 2.05) is 6.92 Å². The van der Waals surface area contributed by atoms with Crippen LogP contribution in [-0.2, 0) is 26.2 Å². The zero-order chi connectivity index (χ0) is 28.6. The third kappa shape index (κ3) is 7.48. The van der Waals surface area contributed by atoms with Crippen molar-refractivity contribution in [2.24, 2.45) is 0 Å². The van der Waals surface area contributed by atoms with Gasteiger partial charge in [-0.15, -0.1) is 0 Å². The van der Waals surface area contributed by atoms with E-state index in [4.69, 9.17) is 16.3 Å². The fourth-order valence-electron chi connectivity index (χ4n) is 3.83. The van der Waals surface area contributed by atoms with Gasteiger partial charge in [0.05, 0.1) is 22.7 Å². The Morgan fingerprint density at radius 2 is 1.77 bits per heavy atom. The molecule has 3 rings (SSSR count). The van der Waals surface area contributed by atoms with Gasteiger partial charge < -0.3 is 15.0 Å². The van der Waals surface area contributed by atoms with Crippen molar-refractivity contribution in [3.05, 3.63) is 89.2 Å². The number of nitrogens with one attached hydrogen (secondary N) is 1. The molecule has 8 nitrogen and oxygen atoms in total. The van der Waals surface area contributed by atoms with Crippen LogP contribution in [0.3, 0.4) is 0 Å². The van der Waals surface area contributed by atoms with Gasteiger partial charge in [0.25, 0.3) is 10.0 Å². The Morgan fingerprint density at radius 3 is 2.41 bits per heavy atom. The Bertz CT molecular complexity index is 1410. The normalized spacial score (nSPS) is 11.9. The molecule has 2 amide bonds. The lowest BCUT2D eigenvalue weighted by atomic mass is 10.1. The van der Waals surface area contributed by atoms with Crippen LogP contribution in [0.15, 0.2) is 77.7 Å². The van der Waals surface area contributed by atoms with E-state index in [-0.39, 0.29) is 28.1 Å².